The van der Waals surface area contributed by atoms with Crippen molar-refractivity contribution in [3.8, 4) is 28.7 Å². The van der Waals surface area contributed by atoms with Gasteiger partial charge in [0.05, 0.1) is 34.9 Å². The largest absolute Gasteiger partial charge is 0.497 e. The van der Waals surface area contributed by atoms with Gasteiger partial charge in [-0.1, -0.05) is 18.2 Å². The third kappa shape index (κ3) is 4.34. The molecule has 0 radical (unpaired) electrons. The van der Waals surface area contributed by atoms with Crippen LogP contribution < -0.4 is 29.0 Å². The number of ether oxygens (including phenoxy) is 5. The molecule has 1 unspecified atom stereocenters. The van der Waals surface area contributed by atoms with Gasteiger partial charge in [0.1, 0.15) is 23.2 Å². The summed E-state index contributed by atoms with van der Waals surface area (Å²) in [6.07, 6.45) is -0.442. The second kappa shape index (κ2) is 9.74. The van der Waals surface area contributed by atoms with Crippen LogP contribution in [0.15, 0.2) is 54.6 Å². The lowest BCUT2D eigenvalue weighted by Gasteiger charge is -2.28. The summed E-state index contributed by atoms with van der Waals surface area (Å²) in [5.41, 5.74) is 2.11. The summed E-state index contributed by atoms with van der Waals surface area (Å²) in [5.74, 6) is 1.53. The van der Waals surface area contributed by atoms with Gasteiger partial charge in [-0.15, -0.1) is 0 Å². The second-order valence-corrected chi connectivity index (χ2v) is 7.56. The Morgan fingerprint density at radius 2 is 1.68 bits per heavy atom. The topological polar surface area (TPSA) is 92.3 Å². The predicted octanol–water partition coefficient (Wildman–Crippen LogP) is 4.68. The smallest absolute Gasteiger partial charge is 0.255 e. The van der Waals surface area contributed by atoms with Crippen molar-refractivity contribution < 1.29 is 33.3 Å². The molecule has 0 fully saturated rings. The zero-order chi connectivity index (χ0) is 24.2. The first-order valence-electron chi connectivity index (χ1n) is 10.6. The van der Waals surface area contributed by atoms with Crippen LogP contribution in [0.25, 0.3) is 0 Å². The van der Waals surface area contributed by atoms with E-state index < -0.39 is 6.10 Å². The third-order valence-corrected chi connectivity index (χ3v) is 5.56. The van der Waals surface area contributed by atoms with Crippen LogP contribution in [-0.4, -0.2) is 40.1 Å². The summed E-state index contributed by atoms with van der Waals surface area (Å²) < 4.78 is 27.6. The lowest BCUT2D eigenvalue weighted by atomic mass is 9.94. The van der Waals surface area contributed by atoms with Crippen LogP contribution in [0, 0.1) is 0 Å². The van der Waals surface area contributed by atoms with Crippen molar-refractivity contribution >= 4 is 17.4 Å². The average molecular weight is 463 g/mol. The molecular weight excluding hydrogens is 438 g/mol. The van der Waals surface area contributed by atoms with Crippen molar-refractivity contribution in [3.05, 3.63) is 71.3 Å². The van der Waals surface area contributed by atoms with Gasteiger partial charge in [-0.05, 0) is 35.9 Å². The number of hydrogen-bond donors (Lipinski definition) is 1. The lowest BCUT2D eigenvalue weighted by molar-refractivity contribution is 0.0842. The normalized spacial score (nSPS) is 14.5. The number of carbonyl (C=O) groups excluding carboxylic acids is 2. The Morgan fingerprint density at radius 3 is 2.38 bits per heavy atom. The summed E-state index contributed by atoms with van der Waals surface area (Å²) >= 11 is 0. The van der Waals surface area contributed by atoms with E-state index in [9.17, 15) is 9.59 Å². The summed E-state index contributed by atoms with van der Waals surface area (Å²) in [6.45, 7) is 0. The Kier molecular flexibility index (Phi) is 6.58. The minimum atomic E-state index is -0.545. The average Bonchev–Trinajstić information content (AvgIpc) is 2.87. The first-order valence-corrected chi connectivity index (χ1v) is 10.6. The van der Waals surface area contributed by atoms with Gasteiger partial charge in [-0.3, -0.25) is 9.59 Å². The molecule has 176 valence electrons. The van der Waals surface area contributed by atoms with Crippen LogP contribution in [0.4, 0.5) is 5.69 Å². The van der Waals surface area contributed by atoms with Crippen LogP contribution in [0.2, 0.25) is 0 Å². The van der Waals surface area contributed by atoms with E-state index in [0.29, 0.717) is 39.8 Å². The minimum absolute atomic E-state index is 0.103. The van der Waals surface area contributed by atoms with E-state index in [1.807, 2.05) is 6.07 Å². The van der Waals surface area contributed by atoms with E-state index in [0.717, 1.165) is 5.56 Å². The van der Waals surface area contributed by atoms with Crippen molar-refractivity contribution in [3.63, 3.8) is 0 Å². The fourth-order valence-electron chi connectivity index (χ4n) is 3.93. The SMILES string of the molecule is COc1cccc(C(=O)Nc2cccc(C3CC(=O)c4c(cc(OC)c(OC)c4OC)O3)c2)c1. The van der Waals surface area contributed by atoms with E-state index in [4.69, 9.17) is 23.7 Å². The number of ketones is 1. The number of carbonyl (C=O) groups is 2. The van der Waals surface area contributed by atoms with Crippen LogP contribution in [0.5, 0.6) is 28.7 Å². The van der Waals surface area contributed by atoms with Gasteiger partial charge in [-0.25, -0.2) is 0 Å². The molecule has 1 heterocycles. The molecule has 1 amide bonds. The number of rotatable bonds is 7. The molecule has 1 N–H and O–H groups in total. The first kappa shape index (κ1) is 23.0. The van der Waals surface area contributed by atoms with Crippen molar-refractivity contribution in [2.24, 2.45) is 0 Å². The summed E-state index contributed by atoms with van der Waals surface area (Å²) in [6, 6.07) is 15.7. The maximum Gasteiger partial charge on any atom is 0.255 e. The van der Waals surface area contributed by atoms with Crippen molar-refractivity contribution in [1.29, 1.82) is 0 Å². The van der Waals surface area contributed by atoms with Crippen molar-refractivity contribution in [2.45, 2.75) is 12.5 Å². The number of methoxy groups -OCH3 is 4. The minimum Gasteiger partial charge on any atom is -0.497 e. The Morgan fingerprint density at radius 1 is 0.912 bits per heavy atom. The van der Waals surface area contributed by atoms with E-state index >= 15 is 0 Å². The van der Waals surface area contributed by atoms with Crippen molar-refractivity contribution in [2.75, 3.05) is 33.8 Å². The molecule has 0 saturated carbocycles. The highest BCUT2D eigenvalue weighted by molar-refractivity contribution is 6.05. The summed E-state index contributed by atoms with van der Waals surface area (Å²) in [7, 11) is 5.99. The predicted molar refractivity (Wildman–Crippen MR) is 126 cm³/mol. The zero-order valence-corrected chi connectivity index (χ0v) is 19.3. The third-order valence-electron chi connectivity index (χ3n) is 5.56. The highest BCUT2D eigenvalue weighted by atomic mass is 16.5. The number of benzene rings is 3. The zero-order valence-electron chi connectivity index (χ0n) is 19.3. The number of nitrogens with one attached hydrogen (secondary N) is 1. The fraction of sp³-hybridized carbons (Fsp3) is 0.231. The van der Waals surface area contributed by atoms with Gasteiger partial charge >= 0.3 is 0 Å². The molecule has 0 spiro atoms. The molecule has 0 aliphatic carbocycles. The fourth-order valence-corrected chi connectivity index (χ4v) is 3.93. The molecule has 1 aliphatic rings. The number of hydrogen-bond acceptors (Lipinski definition) is 7. The second-order valence-electron chi connectivity index (χ2n) is 7.56. The quantitative estimate of drug-likeness (QED) is 0.544. The number of amides is 1. The van der Waals surface area contributed by atoms with Gasteiger partial charge < -0.3 is 29.0 Å². The molecule has 0 aromatic heterocycles. The molecule has 0 bridgehead atoms. The summed E-state index contributed by atoms with van der Waals surface area (Å²) in [5, 5.41) is 2.88. The lowest BCUT2D eigenvalue weighted by Crippen LogP contribution is -2.22. The van der Waals surface area contributed by atoms with Crippen LogP contribution in [-0.2, 0) is 0 Å². The Balaban J connectivity index is 1.60. The number of anilines is 1. The van der Waals surface area contributed by atoms with Crippen molar-refractivity contribution in [1.82, 2.24) is 0 Å². The van der Waals surface area contributed by atoms with E-state index in [2.05, 4.69) is 5.32 Å². The van der Waals surface area contributed by atoms with Gasteiger partial charge in [-0.2, -0.15) is 0 Å². The monoisotopic (exact) mass is 463 g/mol. The van der Waals surface area contributed by atoms with Gasteiger partial charge in [0, 0.05) is 17.3 Å². The van der Waals surface area contributed by atoms with Gasteiger partial charge in [0.25, 0.3) is 5.91 Å². The molecule has 0 saturated heterocycles. The maximum absolute atomic E-state index is 13.1. The molecule has 3 aromatic carbocycles. The summed E-state index contributed by atoms with van der Waals surface area (Å²) in [4.78, 5) is 25.8. The highest BCUT2D eigenvalue weighted by Crippen LogP contribution is 2.49. The molecule has 8 heteroatoms. The van der Waals surface area contributed by atoms with Gasteiger partial charge in [0.15, 0.2) is 17.3 Å². The van der Waals surface area contributed by atoms with E-state index in [-0.39, 0.29) is 23.9 Å². The number of fused-ring (bicyclic) bond motifs is 1. The first-order chi connectivity index (χ1) is 16.5. The molecule has 1 aliphatic heterocycles. The molecule has 34 heavy (non-hydrogen) atoms. The molecule has 8 nitrogen and oxygen atoms in total. The number of Topliss-reactive ketones (excluding diaryl/α,β-unsaturated/α-hetero) is 1. The highest BCUT2D eigenvalue weighted by Gasteiger charge is 2.34. The van der Waals surface area contributed by atoms with E-state index in [1.54, 1.807) is 55.6 Å². The Labute approximate surface area is 197 Å². The molecular formula is C26H25NO7. The maximum atomic E-state index is 13.1. The molecule has 3 aromatic rings. The molecule has 1 atom stereocenters. The van der Waals surface area contributed by atoms with E-state index in [1.165, 1.54) is 21.3 Å². The van der Waals surface area contributed by atoms with Gasteiger partial charge in [0.2, 0.25) is 5.75 Å². The Hall–Kier alpha value is -4.20. The van der Waals surface area contributed by atoms with Crippen LogP contribution in [0.1, 0.15) is 38.8 Å². The Bertz CT molecular complexity index is 1240. The van der Waals surface area contributed by atoms with Crippen LogP contribution in [0.3, 0.4) is 0 Å². The van der Waals surface area contributed by atoms with Crippen LogP contribution >= 0.6 is 0 Å². The standard InChI is InChI=1S/C26H25NO7/c1-30-18-10-6-8-16(12-18)26(29)27-17-9-5-7-15(11-17)20-13-19(28)23-21(34-20)14-22(31-2)24(32-3)25(23)33-4/h5-12,14,20H,13H2,1-4H3,(H,27,29). The molecule has 4 rings (SSSR count).